The molecular weight excluding hydrogens is 236 g/mol. The summed E-state index contributed by atoms with van der Waals surface area (Å²) in [7, 11) is -3.36. The van der Waals surface area contributed by atoms with Crippen molar-refractivity contribution < 1.29 is 8.42 Å². The predicted octanol–water partition coefficient (Wildman–Crippen LogP) is 1.81. The molecule has 1 aliphatic carbocycles. The first-order valence-electron chi connectivity index (χ1n) is 5.51. The third kappa shape index (κ3) is 1.83. The zero-order valence-corrected chi connectivity index (χ0v) is 10.9. The fourth-order valence-corrected chi connectivity index (χ4v) is 3.92. The maximum Gasteiger partial charge on any atom is 0.184 e. The van der Waals surface area contributed by atoms with Crippen molar-refractivity contribution in [2.45, 2.75) is 43.8 Å². The Morgan fingerprint density at radius 3 is 2.29 bits per heavy atom. The molecule has 0 radical (unpaired) electrons. The van der Waals surface area contributed by atoms with Crippen LogP contribution in [0, 0.1) is 32.1 Å². The molecule has 17 heavy (non-hydrogen) atoms. The number of hydrogen-bond acceptors (Lipinski definition) is 4. The van der Waals surface area contributed by atoms with E-state index in [1.807, 2.05) is 13.0 Å². The van der Waals surface area contributed by atoms with Crippen molar-refractivity contribution in [1.82, 2.24) is 4.98 Å². The molecule has 0 atom stereocenters. The van der Waals surface area contributed by atoms with Crippen LogP contribution in [0.3, 0.4) is 0 Å². The minimum absolute atomic E-state index is 0.0394. The molecule has 1 aromatic heterocycles. The zero-order valence-electron chi connectivity index (χ0n) is 10.1. The van der Waals surface area contributed by atoms with Gasteiger partial charge in [0, 0.05) is 5.69 Å². The topological polar surface area (TPSA) is 70.8 Å². The summed E-state index contributed by atoms with van der Waals surface area (Å²) in [5.41, 5.74) is 2.27. The molecule has 0 bridgehead atoms. The van der Waals surface area contributed by atoms with Gasteiger partial charge in [0.1, 0.15) is 11.0 Å². The third-order valence-corrected chi connectivity index (χ3v) is 5.71. The van der Waals surface area contributed by atoms with Gasteiger partial charge in [0.25, 0.3) is 0 Å². The second-order valence-corrected chi connectivity index (χ2v) is 6.65. The van der Waals surface area contributed by atoms with Gasteiger partial charge in [0.15, 0.2) is 15.5 Å². The van der Waals surface area contributed by atoms with Gasteiger partial charge in [0.2, 0.25) is 0 Å². The fraction of sp³-hybridized carbons (Fsp3) is 0.500. The first-order chi connectivity index (χ1) is 7.89. The van der Waals surface area contributed by atoms with E-state index in [1.165, 1.54) is 0 Å². The van der Waals surface area contributed by atoms with Crippen molar-refractivity contribution in [2.75, 3.05) is 0 Å². The SMILES string of the molecule is Cc1nc(C#N)c(S(=O)(=O)C2CC2)c(C)c1C. The van der Waals surface area contributed by atoms with Crippen LogP contribution in [-0.2, 0) is 9.84 Å². The van der Waals surface area contributed by atoms with Gasteiger partial charge < -0.3 is 0 Å². The van der Waals surface area contributed by atoms with E-state index in [-0.39, 0.29) is 15.8 Å². The molecule has 4 nitrogen and oxygen atoms in total. The summed E-state index contributed by atoms with van der Waals surface area (Å²) in [5.74, 6) is 0. The van der Waals surface area contributed by atoms with E-state index in [9.17, 15) is 8.42 Å². The predicted molar refractivity (Wildman–Crippen MR) is 63.4 cm³/mol. The van der Waals surface area contributed by atoms with Gasteiger partial charge in [-0.3, -0.25) is 0 Å². The number of sulfone groups is 1. The van der Waals surface area contributed by atoms with E-state index in [4.69, 9.17) is 5.26 Å². The van der Waals surface area contributed by atoms with Crippen LogP contribution in [0.1, 0.15) is 35.4 Å². The molecule has 0 spiro atoms. The standard InChI is InChI=1S/C12H14N2O2S/c1-7-8(2)12(11(6-13)14-9(7)3)17(15,16)10-4-5-10/h10H,4-5H2,1-3H3. The van der Waals surface area contributed by atoms with Crippen molar-refractivity contribution in [3.8, 4) is 6.07 Å². The summed E-state index contributed by atoms with van der Waals surface area (Å²) in [6.45, 7) is 5.38. The molecule has 1 saturated carbocycles. The molecule has 1 fully saturated rings. The monoisotopic (exact) mass is 250 g/mol. The smallest absolute Gasteiger partial charge is 0.184 e. The molecule has 0 unspecified atom stereocenters. The Kier molecular flexibility index (Phi) is 2.70. The molecule has 0 amide bonds. The first-order valence-corrected chi connectivity index (χ1v) is 7.06. The molecule has 1 aromatic rings. The van der Waals surface area contributed by atoms with Crippen molar-refractivity contribution in [3.05, 3.63) is 22.5 Å². The van der Waals surface area contributed by atoms with Crippen LogP contribution in [0.4, 0.5) is 0 Å². The second kappa shape index (κ2) is 3.81. The zero-order chi connectivity index (χ0) is 12.8. The Hall–Kier alpha value is -1.41. The number of pyridine rings is 1. The van der Waals surface area contributed by atoms with Crippen LogP contribution in [0.25, 0.3) is 0 Å². The van der Waals surface area contributed by atoms with Gasteiger partial charge in [-0.2, -0.15) is 5.26 Å². The quantitative estimate of drug-likeness (QED) is 0.802. The molecule has 0 saturated heterocycles. The molecular formula is C12H14N2O2S. The van der Waals surface area contributed by atoms with Crippen LogP contribution in [-0.4, -0.2) is 18.7 Å². The minimum Gasteiger partial charge on any atom is -0.241 e. The van der Waals surface area contributed by atoms with Gasteiger partial charge in [-0.15, -0.1) is 0 Å². The number of nitriles is 1. The molecule has 5 heteroatoms. The van der Waals surface area contributed by atoms with Crippen LogP contribution >= 0.6 is 0 Å². The minimum atomic E-state index is -3.36. The van der Waals surface area contributed by atoms with Crippen LogP contribution in [0.2, 0.25) is 0 Å². The molecule has 0 aliphatic heterocycles. The van der Waals surface area contributed by atoms with E-state index < -0.39 is 9.84 Å². The molecule has 2 rings (SSSR count). The second-order valence-electron chi connectivity index (χ2n) is 4.48. The summed E-state index contributed by atoms with van der Waals surface area (Å²) >= 11 is 0. The van der Waals surface area contributed by atoms with Gasteiger partial charge in [-0.1, -0.05) is 0 Å². The Bertz CT molecular complexity index is 623. The third-order valence-electron chi connectivity index (χ3n) is 3.29. The van der Waals surface area contributed by atoms with Crippen molar-refractivity contribution >= 4 is 9.84 Å². The van der Waals surface area contributed by atoms with Gasteiger partial charge in [0.05, 0.1) is 5.25 Å². The van der Waals surface area contributed by atoms with Crippen LogP contribution in [0.15, 0.2) is 4.90 Å². The molecule has 1 aliphatic rings. The summed E-state index contributed by atoms with van der Waals surface area (Å²) < 4.78 is 24.5. The Labute approximate surface area is 101 Å². The summed E-state index contributed by atoms with van der Waals surface area (Å²) in [5, 5.41) is 8.74. The average Bonchev–Trinajstić information content (AvgIpc) is 3.08. The lowest BCUT2D eigenvalue weighted by molar-refractivity contribution is 0.593. The maximum atomic E-state index is 12.3. The summed E-state index contributed by atoms with van der Waals surface area (Å²) in [4.78, 5) is 4.23. The molecule has 1 heterocycles. The molecule has 0 aromatic carbocycles. The lowest BCUT2D eigenvalue weighted by Crippen LogP contribution is -2.14. The fourth-order valence-electron chi connectivity index (χ4n) is 1.89. The number of nitrogens with zero attached hydrogens (tertiary/aromatic N) is 2. The highest BCUT2D eigenvalue weighted by Gasteiger charge is 2.40. The maximum absolute atomic E-state index is 12.3. The number of aromatic nitrogens is 1. The van der Waals surface area contributed by atoms with E-state index in [0.29, 0.717) is 24.1 Å². The Balaban J connectivity index is 2.77. The van der Waals surface area contributed by atoms with E-state index in [0.717, 1.165) is 5.56 Å². The van der Waals surface area contributed by atoms with Crippen molar-refractivity contribution in [3.63, 3.8) is 0 Å². The average molecular weight is 250 g/mol. The number of aryl methyl sites for hydroxylation is 1. The van der Waals surface area contributed by atoms with Gasteiger partial charge >= 0.3 is 0 Å². The lowest BCUT2D eigenvalue weighted by Gasteiger charge is -2.12. The normalized spacial score (nSPS) is 15.6. The van der Waals surface area contributed by atoms with Crippen molar-refractivity contribution in [2.24, 2.45) is 0 Å². The van der Waals surface area contributed by atoms with Gasteiger partial charge in [-0.05, 0) is 44.7 Å². The summed E-state index contributed by atoms with van der Waals surface area (Å²) in [6.07, 6.45) is 1.39. The van der Waals surface area contributed by atoms with Crippen molar-refractivity contribution in [1.29, 1.82) is 5.26 Å². The molecule has 0 N–H and O–H groups in total. The Morgan fingerprint density at radius 2 is 1.82 bits per heavy atom. The largest absolute Gasteiger partial charge is 0.241 e. The number of rotatable bonds is 2. The highest BCUT2D eigenvalue weighted by molar-refractivity contribution is 7.92. The highest BCUT2D eigenvalue weighted by atomic mass is 32.2. The van der Waals surface area contributed by atoms with E-state index in [1.54, 1.807) is 13.8 Å². The van der Waals surface area contributed by atoms with E-state index in [2.05, 4.69) is 4.98 Å². The highest BCUT2D eigenvalue weighted by Crippen LogP contribution is 2.36. The summed E-state index contributed by atoms with van der Waals surface area (Å²) in [6, 6.07) is 1.90. The Morgan fingerprint density at radius 1 is 1.24 bits per heavy atom. The van der Waals surface area contributed by atoms with E-state index >= 15 is 0 Å². The first kappa shape index (κ1) is 12.1. The molecule has 90 valence electrons. The van der Waals surface area contributed by atoms with Gasteiger partial charge in [-0.25, -0.2) is 13.4 Å². The lowest BCUT2D eigenvalue weighted by atomic mass is 10.1. The van der Waals surface area contributed by atoms with Crippen LogP contribution in [0.5, 0.6) is 0 Å². The number of hydrogen-bond donors (Lipinski definition) is 0. The van der Waals surface area contributed by atoms with Crippen LogP contribution < -0.4 is 0 Å².